The van der Waals surface area contributed by atoms with Crippen molar-refractivity contribution in [3.63, 3.8) is 0 Å². The summed E-state index contributed by atoms with van der Waals surface area (Å²) in [6, 6.07) is 15.1. The lowest BCUT2D eigenvalue weighted by atomic mass is 9.95. The van der Waals surface area contributed by atoms with E-state index in [4.69, 9.17) is 11.6 Å². The first-order valence-corrected chi connectivity index (χ1v) is 9.52. The average Bonchev–Trinajstić information content (AvgIpc) is 3.23. The summed E-state index contributed by atoms with van der Waals surface area (Å²) in [4.78, 5) is 23.6. The number of rotatable bonds is 8. The molecule has 1 aliphatic rings. The molecule has 0 saturated carbocycles. The monoisotopic (exact) mass is 415 g/mol. The molecule has 2 aromatic rings. The molecular formula is C20H22ClN5O3. The number of benzene rings is 2. The Morgan fingerprint density at radius 2 is 1.93 bits per heavy atom. The van der Waals surface area contributed by atoms with Crippen LogP contribution in [0.4, 0.5) is 0 Å². The van der Waals surface area contributed by atoms with Gasteiger partial charge < -0.3 is 10.4 Å². The molecule has 0 spiro atoms. The van der Waals surface area contributed by atoms with Gasteiger partial charge in [-0.05, 0) is 41.7 Å². The molecule has 0 fully saturated rings. The van der Waals surface area contributed by atoms with E-state index in [1.165, 1.54) is 0 Å². The Labute approximate surface area is 173 Å². The third-order valence-electron chi connectivity index (χ3n) is 4.61. The Morgan fingerprint density at radius 3 is 2.55 bits per heavy atom. The normalized spacial score (nSPS) is 14.9. The van der Waals surface area contributed by atoms with Gasteiger partial charge >= 0.3 is 5.97 Å². The van der Waals surface area contributed by atoms with Crippen molar-refractivity contribution in [2.75, 3.05) is 0 Å². The maximum absolute atomic E-state index is 12.3. The number of amidine groups is 1. The van der Waals surface area contributed by atoms with Crippen LogP contribution < -0.4 is 21.8 Å². The van der Waals surface area contributed by atoms with Crippen LogP contribution >= 0.6 is 11.6 Å². The number of hydrogen-bond donors (Lipinski definition) is 5. The Kier molecular flexibility index (Phi) is 6.69. The SMILES string of the molecule is C[C@H](C[C@@H](Cc1ccc(-c2cccc(Cl)c2)cc1)NC(=O)C1=NNNN1)C(=O)O. The number of amides is 1. The van der Waals surface area contributed by atoms with Crippen LogP contribution in [0.3, 0.4) is 0 Å². The van der Waals surface area contributed by atoms with Gasteiger partial charge in [-0.25, -0.2) is 5.53 Å². The molecule has 0 unspecified atom stereocenters. The highest BCUT2D eigenvalue weighted by molar-refractivity contribution is 6.38. The number of carbonyl (C=O) groups is 2. The van der Waals surface area contributed by atoms with Crippen molar-refractivity contribution >= 4 is 29.3 Å². The van der Waals surface area contributed by atoms with Gasteiger partial charge in [0, 0.05) is 11.1 Å². The second-order valence-corrected chi connectivity index (χ2v) is 7.32. The Balaban J connectivity index is 1.72. The molecule has 1 aliphatic heterocycles. The number of carboxylic acids is 1. The van der Waals surface area contributed by atoms with Gasteiger partial charge in [-0.3, -0.25) is 15.0 Å². The van der Waals surface area contributed by atoms with Crippen LogP contribution in [0.2, 0.25) is 5.02 Å². The highest BCUT2D eigenvalue weighted by Gasteiger charge is 2.23. The Morgan fingerprint density at radius 1 is 1.17 bits per heavy atom. The number of hydrogen-bond acceptors (Lipinski definition) is 6. The van der Waals surface area contributed by atoms with E-state index in [1.807, 2.05) is 48.5 Å². The van der Waals surface area contributed by atoms with Crippen molar-refractivity contribution in [2.24, 2.45) is 11.0 Å². The molecule has 29 heavy (non-hydrogen) atoms. The summed E-state index contributed by atoms with van der Waals surface area (Å²) < 4.78 is 0. The second kappa shape index (κ2) is 9.40. The fraction of sp³-hybridized carbons (Fsp3) is 0.250. The first-order valence-electron chi connectivity index (χ1n) is 9.14. The van der Waals surface area contributed by atoms with Crippen molar-refractivity contribution < 1.29 is 14.7 Å². The summed E-state index contributed by atoms with van der Waals surface area (Å²) >= 11 is 6.06. The third kappa shape index (κ3) is 5.69. The van der Waals surface area contributed by atoms with Gasteiger partial charge in [0.1, 0.15) is 0 Å². The fourth-order valence-electron chi connectivity index (χ4n) is 3.07. The highest BCUT2D eigenvalue weighted by Crippen LogP contribution is 2.23. The molecule has 0 radical (unpaired) electrons. The highest BCUT2D eigenvalue weighted by atomic mass is 35.5. The molecule has 3 rings (SSSR count). The lowest BCUT2D eigenvalue weighted by Gasteiger charge is -2.21. The number of aliphatic carboxylic acids is 1. The number of halogens is 1. The molecule has 2 atom stereocenters. The molecule has 0 aromatic heterocycles. The largest absolute Gasteiger partial charge is 0.481 e. The predicted octanol–water partition coefficient (Wildman–Crippen LogP) is 2.07. The van der Waals surface area contributed by atoms with Gasteiger partial charge in [-0.15, -0.1) is 10.6 Å². The predicted molar refractivity (Wildman–Crippen MR) is 111 cm³/mol. The molecule has 5 N–H and O–H groups in total. The van der Waals surface area contributed by atoms with Crippen LogP contribution in [-0.2, 0) is 16.0 Å². The molecule has 0 saturated heterocycles. The van der Waals surface area contributed by atoms with Crippen LogP contribution in [0.15, 0.2) is 53.6 Å². The molecule has 152 valence electrons. The lowest BCUT2D eigenvalue weighted by Crippen LogP contribution is -2.47. The molecular weight excluding hydrogens is 394 g/mol. The zero-order valence-corrected chi connectivity index (χ0v) is 16.5. The van der Waals surface area contributed by atoms with Crippen molar-refractivity contribution in [3.8, 4) is 11.1 Å². The van der Waals surface area contributed by atoms with E-state index in [2.05, 4.69) is 26.9 Å². The number of nitrogens with zero attached hydrogens (tertiary/aromatic N) is 1. The van der Waals surface area contributed by atoms with E-state index in [1.54, 1.807) is 6.92 Å². The van der Waals surface area contributed by atoms with E-state index in [9.17, 15) is 14.7 Å². The van der Waals surface area contributed by atoms with Crippen molar-refractivity contribution in [1.82, 2.24) is 21.8 Å². The molecule has 0 bridgehead atoms. The van der Waals surface area contributed by atoms with E-state index in [-0.39, 0.29) is 11.9 Å². The maximum Gasteiger partial charge on any atom is 0.306 e. The first-order chi connectivity index (χ1) is 13.9. The average molecular weight is 416 g/mol. The number of hydrazone groups is 1. The fourth-order valence-corrected chi connectivity index (χ4v) is 3.26. The third-order valence-corrected chi connectivity index (χ3v) is 4.84. The van der Waals surface area contributed by atoms with E-state index < -0.39 is 17.8 Å². The van der Waals surface area contributed by atoms with Crippen LogP contribution in [0.25, 0.3) is 11.1 Å². The molecule has 0 aliphatic carbocycles. The summed E-state index contributed by atoms with van der Waals surface area (Å²) in [6.07, 6.45) is 0.790. The number of hydrazine groups is 2. The summed E-state index contributed by atoms with van der Waals surface area (Å²) in [7, 11) is 0. The van der Waals surface area contributed by atoms with Crippen molar-refractivity contribution in [3.05, 3.63) is 59.1 Å². The number of nitrogens with one attached hydrogen (secondary N) is 4. The maximum atomic E-state index is 12.3. The molecule has 9 heteroatoms. The number of carbonyl (C=O) groups excluding carboxylic acids is 1. The quantitative estimate of drug-likeness (QED) is 0.451. The van der Waals surface area contributed by atoms with Gasteiger partial charge in [-0.2, -0.15) is 0 Å². The summed E-state index contributed by atoms with van der Waals surface area (Å²) in [5, 5.41) is 16.5. The van der Waals surface area contributed by atoms with E-state index >= 15 is 0 Å². The second-order valence-electron chi connectivity index (χ2n) is 6.88. The van der Waals surface area contributed by atoms with Crippen molar-refractivity contribution in [2.45, 2.75) is 25.8 Å². The lowest BCUT2D eigenvalue weighted by molar-refractivity contribution is -0.141. The van der Waals surface area contributed by atoms with Gasteiger partial charge in [0.05, 0.1) is 5.92 Å². The molecule has 2 aromatic carbocycles. The smallest absolute Gasteiger partial charge is 0.306 e. The summed E-state index contributed by atoms with van der Waals surface area (Å²) in [5.74, 6) is -1.82. The number of carboxylic acid groups (broad SMARTS) is 1. The van der Waals surface area contributed by atoms with E-state index in [0.29, 0.717) is 17.9 Å². The molecule has 8 nitrogen and oxygen atoms in total. The Hall–Kier alpha value is -3.10. The molecule has 1 amide bonds. The standard InChI is InChI=1S/C20H22ClN5O3/c1-12(20(28)29)9-17(22-19(27)18-23-25-26-24-18)10-13-5-7-14(8-6-13)15-3-2-4-16(21)11-15/h2-8,11-12,17,25-26H,9-10H2,1H3,(H,22,27)(H,23,24)(H,28,29)/t12-,17+/m1/s1. The minimum Gasteiger partial charge on any atom is -0.481 e. The van der Waals surface area contributed by atoms with Crippen LogP contribution in [0.1, 0.15) is 18.9 Å². The van der Waals surface area contributed by atoms with Gasteiger partial charge in [0.25, 0.3) is 5.91 Å². The van der Waals surface area contributed by atoms with Crippen LogP contribution in [-0.4, -0.2) is 28.9 Å². The minimum atomic E-state index is -0.903. The van der Waals surface area contributed by atoms with Gasteiger partial charge in [0.2, 0.25) is 5.84 Å². The van der Waals surface area contributed by atoms with Crippen LogP contribution in [0.5, 0.6) is 0 Å². The van der Waals surface area contributed by atoms with Gasteiger partial charge in [-0.1, -0.05) is 54.9 Å². The topological polar surface area (TPSA) is 115 Å². The zero-order valence-electron chi connectivity index (χ0n) is 15.8. The first kappa shape index (κ1) is 20.6. The molecule has 1 heterocycles. The van der Waals surface area contributed by atoms with Crippen molar-refractivity contribution in [1.29, 1.82) is 0 Å². The van der Waals surface area contributed by atoms with E-state index in [0.717, 1.165) is 16.7 Å². The summed E-state index contributed by atoms with van der Waals surface area (Å²) in [6.45, 7) is 1.62. The minimum absolute atomic E-state index is 0.0919. The zero-order chi connectivity index (χ0) is 20.8. The Bertz CT molecular complexity index is 917. The van der Waals surface area contributed by atoms with Gasteiger partial charge in [0.15, 0.2) is 0 Å². The van der Waals surface area contributed by atoms with Crippen LogP contribution in [0, 0.1) is 5.92 Å². The summed E-state index contributed by atoms with van der Waals surface area (Å²) in [5.41, 5.74) is 10.5.